The largest absolute Gasteiger partial charge is 0.307 e. The van der Waals surface area contributed by atoms with Crippen LogP contribution in [-0.2, 0) is 13.1 Å². The number of nitro groups is 1. The Morgan fingerprint density at radius 3 is 2.79 bits per heavy atom. The predicted molar refractivity (Wildman–Crippen MR) is 75.6 cm³/mol. The molecule has 0 bridgehead atoms. The second-order valence-electron chi connectivity index (χ2n) is 3.97. The Morgan fingerprint density at radius 1 is 1.26 bits per heavy atom. The van der Waals surface area contributed by atoms with Crippen molar-refractivity contribution in [3.8, 4) is 0 Å². The molecule has 2 aromatic rings. The number of rotatable bonds is 5. The third-order valence-electron chi connectivity index (χ3n) is 2.57. The SMILES string of the molecule is O=[N+]([O-])c1cc(CNCc2ccccn2)ccc1Br. The number of nitro benzene ring substituents is 1. The van der Waals surface area contributed by atoms with Crippen LogP contribution in [0.1, 0.15) is 11.3 Å². The average molecular weight is 322 g/mol. The fraction of sp³-hybridized carbons (Fsp3) is 0.154. The highest BCUT2D eigenvalue weighted by atomic mass is 79.9. The molecule has 0 unspecified atom stereocenters. The summed E-state index contributed by atoms with van der Waals surface area (Å²) < 4.78 is 0.492. The van der Waals surface area contributed by atoms with E-state index in [0.717, 1.165) is 11.3 Å². The molecule has 98 valence electrons. The zero-order valence-corrected chi connectivity index (χ0v) is 11.6. The minimum absolute atomic E-state index is 0.0807. The summed E-state index contributed by atoms with van der Waals surface area (Å²) in [7, 11) is 0. The maximum Gasteiger partial charge on any atom is 0.283 e. The Kier molecular flexibility index (Phi) is 4.59. The lowest BCUT2D eigenvalue weighted by Gasteiger charge is -2.05. The van der Waals surface area contributed by atoms with Crippen molar-refractivity contribution in [3.63, 3.8) is 0 Å². The Balaban J connectivity index is 1.97. The number of benzene rings is 1. The van der Waals surface area contributed by atoms with E-state index in [1.54, 1.807) is 18.3 Å². The number of hydrogen-bond donors (Lipinski definition) is 1. The Hall–Kier alpha value is -1.79. The molecule has 0 radical (unpaired) electrons. The molecule has 0 saturated heterocycles. The molecule has 0 aliphatic heterocycles. The van der Waals surface area contributed by atoms with Crippen LogP contribution in [0.3, 0.4) is 0 Å². The molecule has 0 atom stereocenters. The van der Waals surface area contributed by atoms with E-state index in [4.69, 9.17) is 0 Å². The first kappa shape index (κ1) is 13.6. The maximum absolute atomic E-state index is 10.8. The molecule has 0 fully saturated rings. The van der Waals surface area contributed by atoms with Crippen LogP contribution in [0.5, 0.6) is 0 Å². The van der Waals surface area contributed by atoms with Gasteiger partial charge in [0.1, 0.15) is 0 Å². The molecule has 0 spiro atoms. The molecule has 1 aromatic heterocycles. The standard InChI is InChI=1S/C13H12BrN3O2/c14-12-5-4-10(7-13(12)17(18)19)8-15-9-11-3-1-2-6-16-11/h1-7,15H,8-9H2. The van der Waals surface area contributed by atoms with Crippen molar-refractivity contribution in [3.05, 3.63) is 68.4 Å². The van der Waals surface area contributed by atoms with E-state index in [9.17, 15) is 10.1 Å². The number of aromatic nitrogens is 1. The first-order valence-electron chi connectivity index (χ1n) is 5.70. The summed E-state index contributed by atoms with van der Waals surface area (Å²) in [4.78, 5) is 14.6. The number of nitrogens with one attached hydrogen (secondary N) is 1. The number of pyridine rings is 1. The van der Waals surface area contributed by atoms with Gasteiger partial charge >= 0.3 is 0 Å². The van der Waals surface area contributed by atoms with Gasteiger partial charge in [0.15, 0.2) is 0 Å². The molecule has 1 heterocycles. The van der Waals surface area contributed by atoms with Crippen molar-refractivity contribution >= 4 is 21.6 Å². The van der Waals surface area contributed by atoms with Crippen molar-refractivity contribution in [1.82, 2.24) is 10.3 Å². The van der Waals surface area contributed by atoms with E-state index in [1.807, 2.05) is 24.3 Å². The van der Waals surface area contributed by atoms with E-state index in [0.29, 0.717) is 17.6 Å². The van der Waals surface area contributed by atoms with Gasteiger partial charge in [-0.3, -0.25) is 15.1 Å². The normalized spacial score (nSPS) is 10.4. The van der Waals surface area contributed by atoms with Crippen molar-refractivity contribution in [2.45, 2.75) is 13.1 Å². The van der Waals surface area contributed by atoms with Gasteiger partial charge in [0, 0.05) is 25.4 Å². The van der Waals surface area contributed by atoms with Crippen molar-refractivity contribution < 1.29 is 4.92 Å². The molecular formula is C13H12BrN3O2. The molecule has 2 rings (SSSR count). The third-order valence-corrected chi connectivity index (χ3v) is 3.24. The van der Waals surface area contributed by atoms with Crippen LogP contribution in [0.15, 0.2) is 47.1 Å². The predicted octanol–water partition coefficient (Wildman–Crippen LogP) is 3.04. The first-order chi connectivity index (χ1) is 9.16. The average Bonchev–Trinajstić information content (AvgIpc) is 2.41. The quantitative estimate of drug-likeness (QED) is 0.679. The van der Waals surface area contributed by atoms with Crippen molar-refractivity contribution in [2.24, 2.45) is 0 Å². The summed E-state index contributed by atoms with van der Waals surface area (Å²) in [5.74, 6) is 0. The van der Waals surface area contributed by atoms with Gasteiger partial charge in [0.2, 0.25) is 0 Å². The smallest absolute Gasteiger partial charge is 0.283 e. The van der Waals surface area contributed by atoms with Crippen LogP contribution in [0.4, 0.5) is 5.69 Å². The molecule has 0 aliphatic carbocycles. The number of nitrogens with zero attached hydrogens (tertiary/aromatic N) is 2. The van der Waals surface area contributed by atoms with Gasteiger partial charge in [-0.25, -0.2) is 0 Å². The van der Waals surface area contributed by atoms with E-state index in [2.05, 4.69) is 26.2 Å². The van der Waals surface area contributed by atoms with Crippen LogP contribution in [-0.4, -0.2) is 9.91 Å². The molecule has 5 nitrogen and oxygen atoms in total. The molecule has 0 saturated carbocycles. The Morgan fingerprint density at radius 2 is 2.11 bits per heavy atom. The topological polar surface area (TPSA) is 68.1 Å². The molecule has 0 amide bonds. The van der Waals surface area contributed by atoms with Crippen molar-refractivity contribution in [2.75, 3.05) is 0 Å². The van der Waals surface area contributed by atoms with Gasteiger partial charge in [-0.1, -0.05) is 12.1 Å². The third kappa shape index (κ3) is 3.84. The lowest BCUT2D eigenvalue weighted by atomic mass is 10.2. The van der Waals surface area contributed by atoms with Gasteiger partial charge < -0.3 is 5.32 Å². The minimum Gasteiger partial charge on any atom is -0.307 e. The zero-order chi connectivity index (χ0) is 13.7. The number of halogens is 1. The van der Waals surface area contributed by atoms with E-state index < -0.39 is 4.92 Å². The van der Waals surface area contributed by atoms with Gasteiger partial charge in [0.05, 0.1) is 15.1 Å². The Bertz CT molecular complexity index is 575. The highest BCUT2D eigenvalue weighted by Gasteiger charge is 2.11. The van der Waals surface area contributed by atoms with E-state index in [-0.39, 0.29) is 5.69 Å². The highest BCUT2D eigenvalue weighted by Crippen LogP contribution is 2.25. The second-order valence-corrected chi connectivity index (χ2v) is 4.82. The molecule has 6 heteroatoms. The molecular weight excluding hydrogens is 310 g/mol. The molecule has 1 aromatic carbocycles. The zero-order valence-electron chi connectivity index (χ0n) is 10.0. The van der Waals surface area contributed by atoms with E-state index in [1.165, 1.54) is 0 Å². The summed E-state index contributed by atoms with van der Waals surface area (Å²) in [6.07, 6.45) is 1.74. The highest BCUT2D eigenvalue weighted by molar-refractivity contribution is 9.10. The Labute approximate surface area is 119 Å². The minimum atomic E-state index is -0.396. The summed E-state index contributed by atoms with van der Waals surface area (Å²) in [6, 6.07) is 10.8. The van der Waals surface area contributed by atoms with Crippen LogP contribution >= 0.6 is 15.9 Å². The lowest BCUT2D eigenvalue weighted by molar-refractivity contribution is -0.385. The van der Waals surface area contributed by atoms with Crippen LogP contribution in [0.2, 0.25) is 0 Å². The van der Waals surface area contributed by atoms with Gasteiger partial charge in [-0.05, 0) is 39.7 Å². The monoisotopic (exact) mass is 321 g/mol. The fourth-order valence-electron chi connectivity index (χ4n) is 1.65. The number of hydrogen-bond acceptors (Lipinski definition) is 4. The van der Waals surface area contributed by atoms with Crippen LogP contribution in [0, 0.1) is 10.1 Å². The lowest BCUT2D eigenvalue weighted by Crippen LogP contribution is -2.13. The summed E-state index contributed by atoms with van der Waals surface area (Å²) in [5, 5.41) is 14.0. The summed E-state index contributed by atoms with van der Waals surface area (Å²) >= 11 is 3.16. The van der Waals surface area contributed by atoms with Crippen molar-refractivity contribution in [1.29, 1.82) is 0 Å². The second kappa shape index (κ2) is 6.40. The van der Waals surface area contributed by atoms with E-state index >= 15 is 0 Å². The fourth-order valence-corrected chi connectivity index (χ4v) is 2.04. The maximum atomic E-state index is 10.8. The van der Waals surface area contributed by atoms with Crippen LogP contribution in [0.25, 0.3) is 0 Å². The van der Waals surface area contributed by atoms with Crippen LogP contribution < -0.4 is 5.32 Å². The van der Waals surface area contributed by atoms with Gasteiger partial charge in [0.25, 0.3) is 5.69 Å². The van der Waals surface area contributed by atoms with Gasteiger partial charge in [-0.2, -0.15) is 0 Å². The first-order valence-corrected chi connectivity index (χ1v) is 6.49. The summed E-state index contributed by atoms with van der Waals surface area (Å²) in [5.41, 5.74) is 1.89. The molecule has 1 N–H and O–H groups in total. The molecule has 19 heavy (non-hydrogen) atoms. The molecule has 0 aliphatic rings. The summed E-state index contributed by atoms with van der Waals surface area (Å²) in [6.45, 7) is 1.19. The van der Waals surface area contributed by atoms with Gasteiger partial charge in [-0.15, -0.1) is 0 Å².